The summed E-state index contributed by atoms with van der Waals surface area (Å²) in [6.07, 6.45) is 4.65. The van der Waals surface area contributed by atoms with E-state index in [0.717, 1.165) is 30.6 Å². The van der Waals surface area contributed by atoms with E-state index < -0.39 is 11.6 Å². The van der Waals surface area contributed by atoms with Crippen LogP contribution in [0.15, 0.2) is 6.07 Å². The fourth-order valence-corrected chi connectivity index (χ4v) is 5.84. The fraction of sp³-hybridized carbons (Fsp3) is 0.690. The zero-order valence-corrected chi connectivity index (χ0v) is 24.2. The number of esters is 1. The molecule has 3 rings (SSSR count). The van der Waals surface area contributed by atoms with Crippen molar-refractivity contribution in [3.8, 4) is 11.8 Å². The van der Waals surface area contributed by atoms with Gasteiger partial charge in [-0.15, -0.1) is 11.3 Å². The summed E-state index contributed by atoms with van der Waals surface area (Å²) in [6.45, 7) is 12.8. The molecule has 0 atom stereocenters. The molecule has 2 amide bonds. The molecule has 1 saturated carbocycles. The van der Waals surface area contributed by atoms with Crippen molar-refractivity contribution in [3.63, 3.8) is 0 Å². The van der Waals surface area contributed by atoms with Gasteiger partial charge >= 0.3 is 12.1 Å². The highest BCUT2D eigenvalue weighted by molar-refractivity contribution is 7.15. The Kier molecular flexibility index (Phi) is 9.68. The molecule has 1 aliphatic heterocycles. The van der Waals surface area contributed by atoms with Crippen molar-refractivity contribution in [1.29, 1.82) is 0 Å². The summed E-state index contributed by atoms with van der Waals surface area (Å²) in [5.41, 5.74) is 0.0253. The van der Waals surface area contributed by atoms with Gasteiger partial charge in [0.05, 0.1) is 17.7 Å². The van der Waals surface area contributed by atoms with E-state index >= 15 is 0 Å². The van der Waals surface area contributed by atoms with Crippen molar-refractivity contribution in [1.82, 2.24) is 4.90 Å². The molecule has 0 spiro atoms. The smallest absolute Gasteiger partial charge is 0.410 e. The lowest BCUT2D eigenvalue weighted by Crippen LogP contribution is -2.51. The van der Waals surface area contributed by atoms with E-state index in [-0.39, 0.29) is 29.9 Å². The average molecular weight is 531 g/mol. The normalized spacial score (nSPS) is 20.7. The average Bonchev–Trinajstić information content (AvgIpc) is 3.26. The van der Waals surface area contributed by atoms with Crippen molar-refractivity contribution in [3.05, 3.63) is 15.8 Å². The largest absolute Gasteiger partial charge is 0.465 e. The Morgan fingerprint density at radius 2 is 1.70 bits per heavy atom. The number of likely N-dealkylation sites (tertiary alicyclic amines) is 1. The molecule has 8 heteroatoms. The maximum Gasteiger partial charge on any atom is 0.410 e. The van der Waals surface area contributed by atoms with E-state index in [0.29, 0.717) is 42.4 Å². The van der Waals surface area contributed by atoms with Crippen LogP contribution >= 0.6 is 11.3 Å². The summed E-state index contributed by atoms with van der Waals surface area (Å²) in [4.78, 5) is 44.2. The zero-order valence-electron chi connectivity index (χ0n) is 23.4. The van der Waals surface area contributed by atoms with Gasteiger partial charge in [-0.2, -0.15) is 0 Å². The maximum absolute atomic E-state index is 14.1. The predicted molar refractivity (Wildman–Crippen MR) is 147 cm³/mol. The second kappa shape index (κ2) is 12.3. The molecule has 1 saturated heterocycles. The van der Waals surface area contributed by atoms with Gasteiger partial charge in [0.15, 0.2) is 0 Å². The van der Waals surface area contributed by atoms with E-state index in [1.807, 2.05) is 45.6 Å². The summed E-state index contributed by atoms with van der Waals surface area (Å²) >= 11 is 1.28. The van der Waals surface area contributed by atoms with E-state index in [2.05, 4.69) is 18.8 Å². The van der Waals surface area contributed by atoms with Gasteiger partial charge in [0.2, 0.25) is 5.91 Å². The van der Waals surface area contributed by atoms with Crippen molar-refractivity contribution < 1.29 is 23.9 Å². The molecule has 0 radical (unpaired) electrons. The third kappa shape index (κ3) is 7.73. The molecule has 1 aromatic rings. The second-order valence-electron chi connectivity index (χ2n) is 11.6. The predicted octanol–water partition coefficient (Wildman–Crippen LogP) is 6.10. The molecule has 0 aromatic carbocycles. The number of anilines is 1. The van der Waals surface area contributed by atoms with Crippen LogP contribution in [0, 0.1) is 29.6 Å². The first kappa shape index (κ1) is 29.0. The van der Waals surface area contributed by atoms with Crippen LogP contribution in [0.4, 0.5) is 10.5 Å². The lowest BCUT2D eigenvalue weighted by molar-refractivity contribution is -0.124. The van der Waals surface area contributed by atoms with Crippen LogP contribution in [0.3, 0.4) is 0 Å². The molecule has 7 nitrogen and oxygen atoms in total. The number of hydrogen-bond donors (Lipinski definition) is 0. The Hall–Kier alpha value is -2.53. The highest BCUT2D eigenvalue weighted by atomic mass is 32.1. The number of nitrogens with zero attached hydrogens (tertiary/aromatic N) is 2. The van der Waals surface area contributed by atoms with Gasteiger partial charge in [-0.05, 0) is 71.3 Å². The van der Waals surface area contributed by atoms with Crippen molar-refractivity contribution in [2.24, 2.45) is 17.8 Å². The lowest BCUT2D eigenvalue weighted by atomic mass is 9.82. The van der Waals surface area contributed by atoms with Crippen molar-refractivity contribution in [2.45, 2.75) is 91.7 Å². The van der Waals surface area contributed by atoms with Gasteiger partial charge in [-0.1, -0.05) is 32.6 Å². The van der Waals surface area contributed by atoms with E-state index in [9.17, 15) is 14.4 Å². The van der Waals surface area contributed by atoms with Crippen molar-refractivity contribution in [2.75, 3.05) is 25.1 Å². The topological polar surface area (TPSA) is 76.2 Å². The number of hydrogen-bond acceptors (Lipinski definition) is 6. The van der Waals surface area contributed by atoms with Crippen molar-refractivity contribution >= 4 is 35.0 Å². The minimum absolute atomic E-state index is 0.0638. The zero-order chi connectivity index (χ0) is 27.3. The molecule has 2 heterocycles. The van der Waals surface area contributed by atoms with Gasteiger partial charge in [0, 0.05) is 31.0 Å². The Balaban J connectivity index is 1.93. The third-order valence-corrected chi connectivity index (χ3v) is 7.93. The molecule has 1 aliphatic carbocycles. The van der Waals surface area contributed by atoms with Gasteiger partial charge in [-0.25, -0.2) is 9.59 Å². The summed E-state index contributed by atoms with van der Waals surface area (Å²) in [5.74, 6) is 6.66. The standard InChI is InChI=1S/C29H42N2O5S/c1-19(2)8-13-23-18-24(25(37-23)27(33)35-7)31(26(32)21-11-9-20(3)10-12-21)22-14-16-30(17-15-22)28(34)36-29(4,5)6/h18-22H,9-12,14-17H2,1-7H3/t20-,21-. The van der Waals surface area contributed by atoms with E-state index in [4.69, 9.17) is 9.47 Å². The molecule has 2 fully saturated rings. The monoisotopic (exact) mass is 530 g/mol. The first-order valence-corrected chi connectivity index (χ1v) is 14.3. The Bertz CT molecular complexity index is 1030. The molecule has 0 unspecified atom stereocenters. The summed E-state index contributed by atoms with van der Waals surface area (Å²) in [6, 6.07) is 1.74. The Morgan fingerprint density at radius 3 is 2.24 bits per heavy atom. The summed E-state index contributed by atoms with van der Waals surface area (Å²) in [7, 11) is 1.36. The molecular formula is C29H42N2O5S. The van der Waals surface area contributed by atoms with E-state index in [1.165, 1.54) is 18.4 Å². The van der Waals surface area contributed by atoms with Crippen LogP contribution in [-0.4, -0.2) is 54.7 Å². The maximum atomic E-state index is 14.1. The number of carbonyl (C=O) groups is 3. The van der Waals surface area contributed by atoms with Gasteiger partial charge in [0.25, 0.3) is 0 Å². The van der Waals surface area contributed by atoms with Crippen LogP contribution in [0.5, 0.6) is 0 Å². The van der Waals surface area contributed by atoms with Crippen LogP contribution in [0.1, 0.15) is 94.6 Å². The highest BCUT2D eigenvalue weighted by Crippen LogP contribution is 2.38. The first-order chi connectivity index (χ1) is 17.4. The summed E-state index contributed by atoms with van der Waals surface area (Å²) < 4.78 is 10.7. The molecule has 2 aliphatic rings. The number of methoxy groups -OCH3 is 1. The number of carbonyl (C=O) groups excluding carboxylic acids is 3. The fourth-order valence-electron chi connectivity index (χ4n) is 4.91. The second-order valence-corrected chi connectivity index (χ2v) is 12.7. The third-order valence-electron chi connectivity index (χ3n) is 6.91. The molecule has 0 N–H and O–H groups in total. The quantitative estimate of drug-likeness (QED) is 0.347. The molecule has 1 aromatic heterocycles. The van der Waals surface area contributed by atoms with Crippen LogP contribution < -0.4 is 4.90 Å². The molecular weight excluding hydrogens is 488 g/mol. The minimum Gasteiger partial charge on any atom is -0.465 e. The van der Waals surface area contributed by atoms with Crippen LogP contribution in [-0.2, 0) is 14.3 Å². The number of ether oxygens (including phenoxy) is 2. The minimum atomic E-state index is -0.562. The number of thiophene rings is 1. The molecule has 0 bridgehead atoms. The Labute approximate surface area is 225 Å². The number of amides is 2. The summed E-state index contributed by atoms with van der Waals surface area (Å²) in [5, 5.41) is 0. The van der Waals surface area contributed by atoms with Gasteiger partial charge in [-0.3, -0.25) is 4.79 Å². The van der Waals surface area contributed by atoms with Gasteiger partial charge < -0.3 is 19.3 Å². The molecule has 204 valence electrons. The number of piperidine rings is 1. The van der Waals surface area contributed by atoms with E-state index in [1.54, 1.807) is 4.90 Å². The first-order valence-electron chi connectivity index (χ1n) is 13.4. The highest BCUT2D eigenvalue weighted by Gasteiger charge is 2.38. The van der Waals surface area contributed by atoms with Crippen LogP contribution in [0.2, 0.25) is 0 Å². The number of rotatable bonds is 4. The van der Waals surface area contributed by atoms with Crippen LogP contribution in [0.25, 0.3) is 0 Å². The molecule has 37 heavy (non-hydrogen) atoms. The SMILES string of the molecule is COC(=O)c1sc(C#CC(C)C)cc1N(C(=O)[C@H]1CC[C@H](C)CC1)C1CCN(C(=O)OC(C)(C)C)CC1. The lowest BCUT2D eigenvalue weighted by Gasteiger charge is -2.40. The van der Waals surface area contributed by atoms with Gasteiger partial charge in [0.1, 0.15) is 10.5 Å². The Morgan fingerprint density at radius 1 is 1.08 bits per heavy atom.